The Hall–Kier alpha value is -3.29. The molecular weight excluding hydrogens is 397 g/mol. The number of rotatable bonds is 3. The van der Waals surface area contributed by atoms with Crippen molar-refractivity contribution in [3.8, 4) is 0 Å². The van der Waals surface area contributed by atoms with E-state index >= 15 is 0 Å². The zero-order valence-electron chi connectivity index (χ0n) is 18.1. The van der Waals surface area contributed by atoms with Crippen LogP contribution in [0, 0.1) is 12.7 Å². The van der Waals surface area contributed by atoms with Gasteiger partial charge in [0.05, 0.1) is 0 Å². The Morgan fingerprint density at radius 1 is 1.13 bits per heavy atom. The van der Waals surface area contributed by atoms with Gasteiger partial charge in [-0.1, -0.05) is 12.1 Å². The predicted octanol–water partition coefficient (Wildman–Crippen LogP) is 2.91. The number of nitrogens with one attached hydrogen (secondary N) is 2. The van der Waals surface area contributed by atoms with Crippen molar-refractivity contribution in [1.82, 2.24) is 9.80 Å². The molecule has 0 saturated carbocycles. The van der Waals surface area contributed by atoms with E-state index in [-0.39, 0.29) is 17.8 Å². The molecule has 3 amide bonds. The van der Waals surface area contributed by atoms with Crippen LogP contribution in [0.25, 0.3) is 0 Å². The lowest BCUT2D eigenvalue weighted by Crippen LogP contribution is -2.51. The molecule has 2 aliphatic rings. The van der Waals surface area contributed by atoms with E-state index in [0.29, 0.717) is 30.8 Å². The van der Waals surface area contributed by atoms with Crippen LogP contribution in [-0.4, -0.2) is 68.1 Å². The number of nitrogens with zero attached hydrogens (tertiary/aromatic N) is 3. The second-order valence-electron chi connectivity index (χ2n) is 8.31. The molecule has 2 aromatic rings. The summed E-state index contributed by atoms with van der Waals surface area (Å²) in [7, 11) is 3.52. The van der Waals surface area contributed by atoms with Gasteiger partial charge in [-0.15, -0.1) is 0 Å². The maximum Gasteiger partial charge on any atom is 0.319 e. The van der Waals surface area contributed by atoms with Crippen molar-refractivity contribution in [3.05, 3.63) is 53.3 Å². The van der Waals surface area contributed by atoms with Crippen molar-refractivity contribution >= 4 is 29.0 Å². The first-order valence-corrected chi connectivity index (χ1v) is 10.5. The van der Waals surface area contributed by atoms with Crippen LogP contribution in [-0.2, 0) is 11.2 Å². The highest BCUT2D eigenvalue weighted by molar-refractivity contribution is 5.98. The molecule has 1 saturated heterocycles. The minimum Gasteiger partial charge on any atom is -0.373 e. The first-order valence-electron chi connectivity index (χ1n) is 10.5. The summed E-state index contributed by atoms with van der Waals surface area (Å²) in [6.45, 7) is 4.68. The molecule has 31 heavy (non-hydrogen) atoms. The summed E-state index contributed by atoms with van der Waals surface area (Å²) in [6, 6.07) is 10.4. The Kier molecular flexibility index (Phi) is 5.71. The summed E-state index contributed by atoms with van der Waals surface area (Å²) in [5.74, 6) is -0.467. The largest absolute Gasteiger partial charge is 0.373 e. The minimum absolute atomic E-state index is 0.0254. The van der Waals surface area contributed by atoms with Gasteiger partial charge < -0.3 is 25.3 Å². The van der Waals surface area contributed by atoms with Crippen LogP contribution in [0.1, 0.15) is 11.1 Å². The molecule has 7 nitrogen and oxygen atoms in total. The predicted molar refractivity (Wildman–Crippen MR) is 120 cm³/mol. The molecule has 1 unspecified atom stereocenters. The molecule has 0 radical (unpaired) electrons. The van der Waals surface area contributed by atoms with E-state index in [0.717, 1.165) is 30.0 Å². The summed E-state index contributed by atoms with van der Waals surface area (Å²) < 4.78 is 14.1. The van der Waals surface area contributed by atoms with Crippen molar-refractivity contribution in [1.29, 1.82) is 0 Å². The van der Waals surface area contributed by atoms with Crippen molar-refractivity contribution in [2.75, 3.05) is 55.8 Å². The van der Waals surface area contributed by atoms with Gasteiger partial charge in [0.25, 0.3) is 0 Å². The monoisotopic (exact) mass is 425 g/mol. The average molecular weight is 426 g/mol. The molecular formula is C23H28FN5O2. The molecule has 0 spiro atoms. The fourth-order valence-electron chi connectivity index (χ4n) is 4.18. The van der Waals surface area contributed by atoms with Crippen LogP contribution in [0.15, 0.2) is 36.4 Å². The summed E-state index contributed by atoms with van der Waals surface area (Å²) >= 11 is 0. The SMILES string of the molecule is Cc1ccc(F)c2c1NC(C(=O)Nc1cccc(N3CCN(C(=O)N(C)C)CC3)c1)C2. The van der Waals surface area contributed by atoms with Crippen LogP contribution in [0.3, 0.4) is 0 Å². The summed E-state index contributed by atoms with van der Waals surface area (Å²) in [4.78, 5) is 30.6. The van der Waals surface area contributed by atoms with Gasteiger partial charge in [0.2, 0.25) is 5.91 Å². The van der Waals surface area contributed by atoms with E-state index in [9.17, 15) is 14.0 Å². The van der Waals surface area contributed by atoms with Crippen LogP contribution < -0.4 is 15.5 Å². The third-order valence-corrected chi connectivity index (χ3v) is 5.92. The number of carbonyl (C=O) groups excluding carboxylic acids is 2. The van der Waals surface area contributed by atoms with E-state index in [1.54, 1.807) is 25.1 Å². The molecule has 2 aromatic carbocycles. The molecule has 2 N–H and O–H groups in total. The Labute approximate surface area is 181 Å². The zero-order valence-corrected chi connectivity index (χ0v) is 18.1. The topological polar surface area (TPSA) is 67.9 Å². The second kappa shape index (κ2) is 8.45. The van der Waals surface area contributed by atoms with Gasteiger partial charge in [0.15, 0.2) is 0 Å². The first-order chi connectivity index (χ1) is 14.8. The molecule has 8 heteroatoms. The Morgan fingerprint density at radius 2 is 1.87 bits per heavy atom. The Bertz CT molecular complexity index is 970. The van der Waals surface area contributed by atoms with Crippen molar-refractivity contribution < 1.29 is 14.0 Å². The zero-order chi connectivity index (χ0) is 22.1. The number of anilines is 3. The Balaban J connectivity index is 1.38. The fourth-order valence-corrected chi connectivity index (χ4v) is 4.18. The molecule has 2 heterocycles. The third-order valence-electron chi connectivity index (χ3n) is 5.92. The van der Waals surface area contributed by atoms with Crippen LogP contribution in [0.5, 0.6) is 0 Å². The number of hydrogen-bond donors (Lipinski definition) is 2. The molecule has 1 atom stereocenters. The van der Waals surface area contributed by atoms with Crippen LogP contribution >= 0.6 is 0 Å². The van der Waals surface area contributed by atoms with Gasteiger partial charge in [-0.05, 0) is 36.8 Å². The highest BCUT2D eigenvalue weighted by Crippen LogP contribution is 2.32. The van der Waals surface area contributed by atoms with E-state index in [1.807, 2.05) is 36.1 Å². The second-order valence-corrected chi connectivity index (χ2v) is 8.31. The third kappa shape index (κ3) is 4.28. The average Bonchev–Trinajstić information content (AvgIpc) is 3.23. The highest BCUT2D eigenvalue weighted by Gasteiger charge is 2.30. The number of fused-ring (bicyclic) bond motifs is 1. The van der Waals surface area contributed by atoms with Crippen molar-refractivity contribution in [2.45, 2.75) is 19.4 Å². The number of hydrogen-bond acceptors (Lipinski definition) is 4. The van der Waals surface area contributed by atoms with Crippen LogP contribution in [0.2, 0.25) is 0 Å². The van der Waals surface area contributed by atoms with E-state index in [2.05, 4.69) is 15.5 Å². The minimum atomic E-state index is -0.505. The lowest BCUT2D eigenvalue weighted by atomic mass is 10.1. The first kappa shape index (κ1) is 21.0. The summed E-state index contributed by atoms with van der Waals surface area (Å²) in [6.07, 6.45) is 0.330. The number of aryl methyl sites for hydroxylation is 1. The smallest absolute Gasteiger partial charge is 0.319 e. The lowest BCUT2D eigenvalue weighted by Gasteiger charge is -2.37. The molecule has 0 aliphatic carbocycles. The van der Waals surface area contributed by atoms with Gasteiger partial charge in [0, 0.05) is 69.3 Å². The molecule has 0 aromatic heterocycles. The maximum absolute atomic E-state index is 14.1. The standard InChI is InChI=1S/C23H28FN5O2/c1-15-7-8-19(24)18-14-20(26-21(15)18)22(30)25-16-5-4-6-17(13-16)28-9-11-29(12-10-28)23(31)27(2)3/h4-8,13,20,26H,9-12,14H2,1-3H3,(H,25,30). The van der Waals surface area contributed by atoms with Crippen molar-refractivity contribution in [3.63, 3.8) is 0 Å². The quantitative estimate of drug-likeness (QED) is 0.794. The molecule has 164 valence electrons. The highest BCUT2D eigenvalue weighted by atomic mass is 19.1. The number of piperazine rings is 1. The number of amides is 3. The van der Waals surface area contributed by atoms with Crippen LogP contribution in [0.4, 0.5) is 26.2 Å². The van der Waals surface area contributed by atoms with E-state index in [4.69, 9.17) is 0 Å². The normalized spacial score (nSPS) is 17.7. The van der Waals surface area contributed by atoms with Gasteiger partial charge in [0.1, 0.15) is 11.9 Å². The summed E-state index contributed by atoms with van der Waals surface area (Å²) in [5.41, 5.74) is 3.92. The lowest BCUT2D eigenvalue weighted by molar-refractivity contribution is -0.116. The van der Waals surface area contributed by atoms with Gasteiger partial charge in [-0.3, -0.25) is 4.79 Å². The molecule has 2 aliphatic heterocycles. The van der Waals surface area contributed by atoms with E-state index in [1.165, 1.54) is 6.07 Å². The molecule has 1 fully saturated rings. The number of carbonyl (C=O) groups is 2. The van der Waals surface area contributed by atoms with Gasteiger partial charge in [-0.25, -0.2) is 9.18 Å². The number of urea groups is 1. The molecule has 4 rings (SSSR count). The molecule has 0 bridgehead atoms. The van der Waals surface area contributed by atoms with E-state index < -0.39 is 6.04 Å². The van der Waals surface area contributed by atoms with Crippen molar-refractivity contribution in [2.24, 2.45) is 0 Å². The Morgan fingerprint density at radius 3 is 2.55 bits per heavy atom. The maximum atomic E-state index is 14.1. The van der Waals surface area contributed by atoms with Gasteiger partial charge >= 0.3 is 6.03 Å². The number of benzene rings is 2. The number of halogens is 1. The fraction of sp³-hybridized carbons (Fsp3) is 0.391. The summed E-state index contributed by atoms with van der Waals surface area (Å²) in [5, 5.41) is 6.12. The van der Waals surface area contributed by atoms with Gasteiger partial charge in [-0.2, -0.15) is 0 Å².